The van der Waals surface area contributed by atoms with E-state index in [-0.39, 0.29) is 18.6 Å². The highest BCUT2D eigenvalue weighted by molar-refractivity contribution is 7.98. The number of amides is 3. The number of aliphatic carboxylic acids is 3. The van der Waals surface area contributed by atoms with Gasteiger partial charge in [0.1, 0.15) is 18.1 Å². The van der Waals surface area contributed by atoms with Crippen LogP contribution in [-0.2, 0) is 28.8 Å². The van der Waals surface area contributed by atoms with Crippen LogP contribution in [0.15, 0.2) is 0 Å². The van der Waals surface area contributed by atoms with Gasteiger partial charge in [0.2, 0.25) is 17.7 Å². The van der Waals surface area contributed by atoms with E-state index in [2.05, 4.69) is 28.6 Å². The van der Waals surface area contributed by atoms with Gasteiger partial charge in [0.15, 0.2) is 0 Å². The molecular weight excluding hydrogens is 468 g/mol. The fraction of sp³-hybridized carbons (Fsp3) is 0.647. The molecule has 0 heterocycles. The van der Waals surface area contributed by atoms with Gasteiger partial charge in [-0.2, -0.15) is 24.4 Å². The molecule has 4 atom stereocenters. The highest BCUT2D eigenvalue weighted by atomic mass is 32.2. The zero-order valence-electron chi connectivity index (χ0n) is 17.3. The van der Waals surface area contributed by atoms with Gasteiger partial charge in [-0.05, 0) is 24.9 Å². The fourth-order valence-corrected chi connectivity index (χ4v) is 2.96. The second-order valence-corrected chi connectivity index (χ2v) is 7.97. The lowest BCUT2D eigenvalue weighted by molar-refractivity contribution is -0.144. The van der Waals surface area contributed by atoms with Gasteiger partial charge in [0.05, 0.1) is 12.5 Å². The third-order valence-corrected chi connectivity index (χ3v) is 5.09. The first-order chi connectivity index (χ1) is 14.9. The van der Waals surface area contributed by atoms with Crippen LogP contribution in [0.2, 0.25) is 0 Å². The molecule has 13 nitrogen and oxygen atoms in total. The van der Waals surface area contributed by atoms with Crippen LogP contribution in [0.25, 0.3) is 0 Å². The average molecular weight is 497 g/mol. The molecule has 0 aromatic rings. The number of nitrogens with one attached hydrogen (secondary N) is 3. The van der Waals surface area contributed by atoms with E-state index in [1.54, 1.807) is 6.26 Å². The lowest BCUT2D eigenvalue weighted by Gasteiger charge is -2.24. The largest absolute Gasteiger partial charge is 0.481 e. The van der Waals surface area contributed by atoms with Gasteiger partial charge < -0.3 is 37.0 Å². The predicted molar refractivity (Wildman–Crippen MR) is 117 cm³/mol. The number of carbonyl (C=O) groups is 6. The highest BCUT2D eigenvalue weighted by Crippen LogP contribution is 2.06. The molecule has 0 rings (SSSR count). The number of hydrogen-bond donors (Lipinski definition) is 8. The maximum Gasteiger partial charge on any atom is 0.326 e. The molecule has 32 heavy (non-hydrogen) atoms. The summed E-state index contributed by atoms with van der Waals surface area (Å²) in [4.78, 5) is 70.3. The summed E-state index contributed by atoms with van der Waals surface area (Å²) in [5.74, 6) is -6.45. The smallest absolute Gasteiger partial charge is 0.326 e. The summed E-state index contributed by atoms with van der Waals surface area (Å²) in [5, 5.41) is 33.6. The van der Waals surface area contributed by atoms with Crippen molar-refractivity contribution in [3.63, 3.8) is 0 Å². The van der Waals surface area contributed by atoms with Crippen molar-refractivity contribution in [1.82, 2.24) is 16.0 Å². The Hall–Kier alpha value is -2.52. The Morgan fingerprint density at radius 3 is 1.84 bits per heavy atom. The van der Waals surface area contributed by atoms with Crippen LogP contribution < -0.4 is 21.7 Å². The lowest BCUT2D eigenvalue weighted by Crippen LogP contribution is -2.57. The minimum atomic E-state index is -1.54. The van der Waals surface area contributed by atoms with Crippen molar-refractivity contribution in [1.29, 1.82) is 0 Å². The van der Waals surface area contributed by atoms with Crippen LogP contribution in [0.5, 0.6) is 0 Å². The maximum atomic E-state index is 12.6. The van der Waals surface area contributed by atoms with Gasteiger partial charge in [0, 0.05) is 12.2 Å². The number of nitrogens with two attached hydrogens (primary N) is 1. The van der Waals surface area contributed by atoms with Crippen LogP contribution in [0.1, 0.15) is 25.7 Å². The van der Waals surface area contributed by atoms with Crippen LogP contribution in [0.3, 0.4) is 0 Å². The SMILES string of the molecule is CSCCC(NC(=O)C(CC(=O)O)NC(=O)C(N)CS)C(=O)NC(CCC(=O)O)C(=O)O. The molecule has 0 aliphatic rings. The average Bonchev–Trinajstić information content (AvgIpc) is 2.71. The molecule has 0 aliphatic heterocycles. The first-order valence-electron chi connectivity index (χ1n) is 9.35. The molecule has 182 valence electrons. The molecule has 0 saturated heterocycles. The number of thioether (sulfide) groups is 1. The third kappa shape index (κ3) is 11.8. The second-order valence-electron chi connectivity index (χ2n) is 6.62. The summed E-state index contributed by atoms with van der Waals surface area (Å²) in [6, 6.07) is -5.40. The molecule has 0 radical (unpaired) electrons. The molecule has 0 aliphatic carbocycles. The lowest BCUT2D eigenvalue weighted by atomic mass is 10.1. The third-order valence-electron chi connectivity index (χ3n) is 4.05. The number of carbonyl (C=O) groups excluding carboxylic acids is 3. The van der Waals surface area contributed by atoms with E-state index < -0.39 is 72.6 Å². The normalized spacial score (nSPS) is 14.3. The van der Waals surface area contributed by atoms with E-state index >= 15 is 0 Å². The van der Waals surface area contributed by atoms with E-state index in [0.717, 1.165) is 0 Å². The van der Waals surface area contributed by atoms with Gasteiger partial charge in [0.25, 0.3) is 0 Å². The van der Waals surface area contributed by atoms with Crippen LogP contribution in [-0.4, -0.2) is 92.9 Å². The second kappa shape index (κ2) is 15.3. The number of carboxylic acid groups (broad SMARTS) is 3. The molecule has 4 unspecified atom stereocenters. The molecule has 0 aromatic carbocycles. The molecule has 15 heteroatoms. The van der Waals surface area contributed by atoms with Gasteiger partial charge >= 0.3 is 17.9 Å². The fourth-order valence-electron chi connectivity index (χ4n) is 2.32. The van der Waals surface area contributed by atoms with E-state index in [1.807, 2.05) is 0 Å². The summed E-state index contributed by atoms with van der Waals surface area (Å²) < 4.78 is 0. The summed E-state index contributed by atoms with van der Waals surface area (Å²) in [6.07, 6.45) is 0.129. The molecule has 3 amide bonds. The van der Waals surface area contributed by atoms with Crippen LogP contribution in [0.4, 0.5) is 0 Å². The zero-order valence-corrected chi connectivity index (χ0v) is 19.0. The molecule has 0 aromatic heterocycles. The Balaban J connectivity index is 5.43. The minimum absolute atomic E-state index is 0.0566. The van der Waals surface area contributed by atoms with Crippen molar-refractivity contribution in [2.24, 2.45) is 5.73 Å². The van der Waals surface area contributed by atoms with E-state index in [9.17, 15) is 33.9 Å². The number of rotatable bonds is 16. The zero-order chi connectivity index (χ0) is 24.8. The minimum Gasteiger partial charge on any atom is -0.481 e. The number of thiol groups is 1. The van der Waals surface area contributed by atoms with Crippen molar-refractivity contribution in [3.05, 3.63) is 0 Å². The van der Waals surface area contributed by atoms with Crippen molar-refractivity contribution >= 4 is 60.0 Å². The quantitative estimate of drug-likeness (QED) is 0.108. The predicted octanol–water partition coefficient (Wildman–Crippen LogP) is -2.12. The Labute approximate surface area is 193 Å². The maximum absolute atomic E-state index is 12.6. The van der Waals surface area contributed by atoms with Crippen LogP contribution in [0, 0.1) is 0 Å². The Morgan fingerprint density at radius 1 is 0.844 bits per heavy atom. The Kier molecular flexibility index (Phi) is 14.1. The summed E-state index contributed by atoms with van der Waals surface area (Å²) in [5.41, 5.74) is 5.51. The van der Waals surface area contributed by atoms with E-state index in [0.29, 0.717) is 5.75 Å². The van der Waals surface area contributed by atoms with Gasteiger partial charge in [-0.3, -0.25) is 24.0 Å². The molecule has 0 fully saturated rings. The Morgan fingerprint density at radius 2 is 1.38 bits per heavy atom. The van der Waals surface area contributed by atoms with E-state index in [4.69, 9.17) is 15.9 Å². The number of carboxylic acids is 3. The molecule has 0 spiro atoms. The van der Waals surface area contributed by atoms with Crippen LogP contribution >= 0.6 is 24.4 Å². The molecule has 0 saturated carbocycles. The van der Waals surface area contributed by atoms with Gasteiger partial charge in [-0.1, -0.05) is 0 Å². The topological polar surface area (TPSA) is 225 Å². The summed E-state index contributed by atoms with van der Waals surface area (Å²) in [6.45, 7) is 0. The van der Waals surface area contributed by atoms with Crippen molar-refractivity contribution in [2.45, 2.75) is 49.9 Å². The van der Waals surface area contributed by atoms with Gasteiger partial charge in [-0.25, -0.2) is 4.79 Å². The molecule has 0 bridgehead atoms. The van der Waals surface area contributed by atoms with Crippen molar-refractivity contribution in [3.8, 4) is 0 Å². The molecule has 8 N–H and O–H groups in total. The first-order valence-corrected chi connectivity index (χ1v) is 11.4. The first kappa shape index (κ1) is 29.5. The molecular formula is C17H28N4O9S2. The van der Waals surface area contributed by atoms with Gasteiger partial charge in [-0.15, -0.1) is 0 Å². The standard InChI is InChI=1S/C17H28N4O9S2/c1-32-5-4-9(15(27)20-10(17(29)30)2-3-12(22)23)19-16(28)11(6-13(24)25)21-14(26)8(18)7-31/h8-11,31H,2-7,18H2,1H3,(H,19,28)(H,20,27)(H,21,26)(H,22,23)(H,24,25)(H,29,30). The summed E-state index contributed by atoms with van der Waals surface area (Å²) >= 11 is 5.19. The highest BCUT2D eigenvalue weighted by Gasteiger charge is 2.31. The summed E-state index contributed by atoms with van der Waals surface area (Å²) in [7, 11) is 0. The van der Waals surface area contributed by atoms with E-state index in [1.165, 1.54) is 11.8 Å². The Bertz CT molecular complexity index is 708. The van der Waals surface area contributed by atoms with Crippen molar-refractivity contribution < 1.29 is 44.1 Å². The number of hydrogen-bond acceptors (Lipinski definition) is 9. The monoisotopic (exact) mass is 496 g/mol. The van der Waals surface area contributed by atoms with Crippen molar-refractivity contribution in [2.75, 3.05) is 17.8 Å².